The summed E-state index contributed by atoms with van der Waals surface area (Å²) in [6.07, 6.45) is 2.68. The second-order valence-electron chi connectivity index (χ2n) is 7.07. The molecule has 0 fully saturated rings. The van der Waals surface area contributed by atoms with Gasteiger partial charge >= 0.3 is 6.03 Å². The molecular weight excluding hydrogens is 364 g/mol. The standard InChI is InChI=1S/C23H28N4O2/c1-17(20-12-8-9-13-21(20)29-4)26(2)23(28)25-16-22-24-15-19(27(22)3)14-18-10-6-5-7-11-18/h5-13,15,17H,14,16H2,1-4H3,(H,25,28)/t17-/m0/s1. The summed E-state index contributed by atoms with van der Waals surface area (Å²) in [4.78, 5) is 18.8. The number of methoxy groups -OCH3 is 1. The van der Waals surface area contributed by atoms with Crippen LogP contribution in [0.5, 0.6) is 5.75 Å². The summed E-state index contributed by atoms with van der Waals surface area (Å²) in [6.45, 7) is 2.35. The molecule has 0 radical (unpaired) electrons. The van der Waals surface area contributed by atoms with Crippen LogP contribution in [0, 0.1) is 0 Å². The number of amides is 2. The minimum atomic E-state index is -0.156. The van der Waals surface area contributed by atoms with Crippen LogP contribution in [0.2, 0.25) is 0 Å². The number of ether oxygens (including phenoxy) is 1. The van der Waals surface area contributed by atoms with E-state index >= 15 is 0 Å². The Labute approximate surface area is 172 Å². The molecule has 0 aliphatic rings. The molecule has 3 rings (SSSR count). The van der Waals surface area contributed by atoms with Gasteiger partial charge in [0, 0.05) is 38.0 Å². The molecule has 0 spiro atoms. The highest BCUT2D eigenvalue weighted by Crippen LogP contribution is 2.28. The fraction of sp³-hybridized carbons (Fsp3) is 0.304. The highest BCUT2D eigenvalue weighted by atomic mass is 16.5. The molecule has 0 saturated heterocycles. The predicted octanol–water partition coefficient (Wildman–Crippen LogP) is 3.92. The van der Waals surface area contributed by atoms with Crippen molar-refractivity contribution in [2.75, 3.05) is 14.2 Å². The highest BCUT2D eigenvalue weighted by Gasteiger charge is 2.20. The van der Waals surface area contributed by atoms with Crippen LogP contribution in [0.3, 0.4) is 0 Å². The maximum atomic E-state index is 12.7. The Bertz CT molecular complexity index is 953. The summed E-state index contributed by atoms with van der Waals surface area (Å²) >= 11 is 0. The van der Waals surface area contributed by atoms with E-state index in [0.29, 0.717) is 6.54 Å². The third-order valence-corrected chi connectivity index (χ3v) is 5.30. The van der Waals surface area contributed by atoms with Crippen molar-refractivity contribution in [1.82, 2.24) is 19.8 Å². The smallest absolute Gasteiger partial charge is 0.318 e. The molecular formula is C23H28N4O2. The quantitative estimate of drug-likeness (QED) is 0.663. The summed E-state index contributed by atoms with van der Waals surface area (Å²) < 4.78 is 7.46. The van der Waals surface area contributed by atoms with Gasteiger partial charge in [0.25, 0.3) is 0 Å². The molecule has 6 nitrogen and oxygen atoms in total. The molecule has 1 atom stereocenters. The molecule has 0 aliphatic carbocycles. The number of nitrogens with one attached hydrogen (secondary N) is 1. The number of hydrogen-bond donors (Lipinski definition) is 1. The van der Waals surface area contributed by atoms with Crippen LogP contribution >= 0.6 is 0 Å². The van der Waals surface area contributed by atoms with E-state index in [2.05, 4.69) is 22.4 Å². The van der Waals surface area contributed by atoms with Crippen LogP contribution in [-0.4, -0.2) is 34.6 Å². The van der Waals surface area contributed by atoms with Crippen molar-refractivity contribution in [3.8, 4) is 5.75 Å². The molecule has 29 heavy (non-hydrogen) atoms. The van der Waals surface area contributed by atoms with Crippen molar-refractivity contribution in [3.05, 3.63) is 83.4 Å². The third-order valence-electron chi connectivity index (χ3n) is 5.30. The predicted molar refractivity (Wildman–Crippen MR) is 114 cm³/mol. The first-order chi connectivity index (χ1) is 14.0. The zero-order valence-electron chi connectivity index (χ0n) is 17.4. The van der Waals surface area contributed by atoms with E-state index in [1.165, 1.54) is 5.56 Å². The number of imidazole rings is 1. The van der Waals surface area contributed by atoms with Gasteiger partial charge in [0.15, 0.2) is 0 Å². The maximum absolute atomic E-state index is 12.7. The van der Waals surface area contributed by atoms with Gasteiger partial charge in [-0.25, -0.2) is 9.78 Å². The van der Waals surface area contributed by atoms with Crippen molar-refractivity contribution in [2.24, 2.45) is 7.05 Å². The van der Waals surface area contributed by atoms with E-state index < -0.39 is 0 Å². The van der Waals surface area contributed by atoms with Crippen LogP contribution in [0.15, 0.2) is 60.8 Å². The molecule has 3 aromatic rings. The number of nitrogens with zero attached hydrogens (tertiary/aromatic N) is 3. The molecule has 0 bridgehead atoms. The van der Waals surface area contributed by atoms with Crippen molar-refractivity contribution in [2.45, 2.75) is 25.9 Å². The maximum Gasteiger partial charge on any atom is 0.318 e. The van der Waals surface area contributed by atoms with Crippen molar-refractivity contribution in [1.29, 1.82) is 0 Å². The van der Waals surface area contributed by atoms with E-state index in [4.69, 9.17) is 4.74 Å². The fourth-order valence-corrected chi connectivity index (χ4v) is 3.30. The summed E-state index contributed by atoms with van der Waals surface area (Å²) in [7, 11) is 5.40. The number of carbonyl (C=O) groups is 1. The first kappa shape index (κ1) is 20.5. The Morgan fingerprint density at radius 3 is 2.59 bits per heavy atom. The lowest BCUT2D eigenvalue weighted by Gasteiger charge is -2.26. The molecule has 152 valence electrons. The summed E-state index contributed by atoms with van der Waals surface area (Å²) in [5, 5.41) is 2.97. The van der Waals surface area contributed by atoms with Crippen LogP contribution in [-0.2, 0) is 20.0 Å². The number of aromatic nitrogens is 2. The van der Waals surface area contributed by atoms with Gasteiger partial charge in [0.05, 0.1) is 19.7 Å². The van der Waals surface area contributed by atoms with E-state index in [9.17, 15) is 4.79 Å². The van der Waals surface area contributed by atoms with Crippen LogP contribution in [0.4, 0.5) is 4.79 Å². The van der Waals surface area contributed by atoms with E-state index in [0.717, 1.165) is 29.3 Å². The average molecular weight is 393 g/mol. The minimum Gasteiger partial charge on any atom is -0.496 e. The normalized spacial score (nSPS) is 11.7. The zero-order chi connectivity index (χ0) is 20.8. The molecule has 1 N–H and O–H groups in total. The van der Waals surface area contributed by atoms with Gasteiger partial charge in [-0.15, -0.1) is 0 Å². The highest BCUT2D eigenvalue weighted by molar-refractivity contribution is 5.74. The molecule has 2 amide bonds. The van der Waals surface area contributed by atoms with Crippen molar-refractivity contribution < 1.29 is 9.53 Å². The molecule has 1 heterocycles. The summed E-state index contributed by atoms with van der Waals surface area (Å²) in [5.41, 5.74) is 3.31. The second-order valence-corrected chi connectivity index (χ2v) is 7.07. The lowest BCUT2D eigenvalue weighted by Crippen LogP contribution is -2.39. The van der Waals surface area contributed by atoms with Crippen molar-refractivity contribution in [3.63, 3.8) is 0 Å². The van der Waals surface area contributed by atoms with Gasteiger partial charge in [-0.3, -0.25) is 0 Å². The Balaban J connectivity index is 1.61. The lowest BCUT2D eigenvalue weighted by atomic mass is 10.1. The molecule has 0 aliphatic heterocycles. The minimum absolute atomic E-state index is 0.124. The topological polar surface area (TPSA) is 59.4 Å². The Morgan fingerprint density at radius 1 is 1.17 bits per heavy atom. The van der Waals surface area contributed by atoms with Gasteiger partial charge in [-0.1, -0.05) is 48.5 Å². The van der Waals surface area contributed by atoms with E-state index in [1.807, 2.05) is 67.2 Å². The van der Waals surface area contributed by atoms with Gasteiger partial charge in [0.1, 0.15) is 11.6 Å². The molecule has 0 unspecified atom stereocenters. The zero-order valence-corrected chi connectivity index (χ0v) is 17.4. The Morgan fingerprint density at radius 2 is 1.86 bits per heavy atom. The number of carbonyl (C=O) groups excluding carboxylic acids is 1. The van der Waals surface area contributed by atoms with Gasteiger partial charge in [-0.05, 0) is 18.6 Å². The molecule has 6 heteroatoms. The number of urea groups is 1. The Hall–Kier alpha value is -3.28. The third kappa shape index (κ3) is 4.77. The number of hydrogen-bond acceptors (Lipinski definition) is 3. The van der Waals surface area contributed by atoms with Gasteiger partial charge in [-0.2, -0.15) is 0 Å². The largest absolute Gasteiger partial charge is 0.496 e. The lowest BCUT2D eigenvalue weighted by molar-refractivity contribution is 0.192. The SMILES string of the molecule is COc1ccccc1[C@H](C)N(C)C(=O)NCc1ncc(Cc2ccccc2)n1C. The number of rotatable bonds is 7. The molecule has 2 aromatic carbocycles. The second kappa shape index (κ2) is 9.28. The number of benzene rings is 2. The molecule has 1 aromatic heterocycles. The van der Waals surface area contributed by atoms with Gasteiger partial charge < -0.3 is 19.5 Å². The van der Waals surface area contributed by atoms with E-state index in [-0.39, 0.29) is 12.1 Å². The van der Waals surface area contributed by atoms with Crippen molar-refractivity contribution >= 4 is 6.03 Å². The fourth-order valence-electron chi connectivity index (χ4n) is 3.30. The van der Waals surface area contributed by atoms with Crippen LogP contribution in [0.1, 0.15) is 35.6 Å². The van der Waals surface area contributed by atoms with Crippen LogP contribution in [0.25, 0.3) is 0 Å². The average Bonchev–Trinajstić information content (AvgIpc) is 3.10. The first-order valence-corrected chi connectivity index (χ1v) is 9.68. The first-order valence-electron chi connectivity index (χ1n) is 9.68. The monoisotopic (exact) mass is 392 g/mol. The van der Waals surface area contributed by atoms with Gasteiger partial charge in [0.2, 0.25) is 0 Å². The Kier molecular flexibility index (Phi) is 6.54. The molecule has 0 saturated carbocycles. The van der Waals surface area contributed by atoms with Crippen LogP contribution < -0.4 is 10.1 Å². The van der Waals surface area contributed by atoms with E-state index in [1.54, 1.807) is 19.1 Å². The number of para-hydroxylation sites is 1. The summed E-state index contributed by atoms with van der Waals surface area (Å²) in [5.74, 6) is 1.59. The summed E-state index contributed by atoms with van der Waals surface area (Å²) in [6, 6.07) is 17.7.